The second kappa shape index (κ2) is 5.92. The molecule has 0 saturated carbocycles. The van der Waals surface area contributed by atoms with Crippen molar-refractivity contribution in [1.82, 2.24) is 0 Å². The first-order valence-corrected chi connectivity index (χ1v) is 5.61. The molecule has 1 rings (SSSR count). The van der Waals surface area contributed by atoms with Gasteiger partial charge < -0.3 is 9.47 Å². The summed E-state index contributed by atoms with van der Waals surface area (Å²) in [7, 11) is 2.82. The van der Waals surface area contributed by atoms with E-state index in [0.717, 1.165) is 12.0 Å². The molecule has 0 spiro atoms. The Bertz CT molecular complexity index is 413. The van der Waals surface area contributed by atoms with Gasteiger partial charge in [0, 0.05) is 0 Å². The maximum absolute atomic E-state index is 11.6. The Hall–Kier alpha value is -1.22. The van der Waals surface area contributed by atoms with E-state index in [1.807, 2.05) is 19.9 Å². The molecule has 0 N–H and O–H groups in total. The van der Waals surface area contributed by atoms with Crippen molar-refractivity contribution in [3.63, 3.8) is 0 Å². The van der Waals surface area contributed by atoms with Crippen molar-refractivity contribution in [2.45, 2.75) is 20.3 Å². The van der Waals surface area contributed by atoms with Gasteiger partial charge in [-0.25, -0.2) is 4.79 Å². The zero-order chi connectivity index (χ0) is 13.0. The lowest BCUT2D eigenvalue weighted by Gasteiger charge is -2.12. The van der Waals surface area contributed by atoms with Crippen molar-refractivity contribution in [3.8, 4) is 5.75 Å². The van der Waals surface area contributed by atoms with Gasteiger partial charge in [0.1, 0.15) is 11.3 Å². The van der Waals surface area contributed by atoms with Gasteiger partial charge in [-0.15, -0.1) is 0 Å². The molecule has 17 heavy (non-hydrogen) atoms. The molecule has 0 atom stereocenters. The highest BCUT2D eigenvalue weighted by Crippen LogP contribution is 2.30. The Morgan fingerprint density at radius 3 is 2.41 bits per heavy atom. The van der Waals surface area contributed by atoms with E-state index in [1.54, 1.807) is 6.07 Å². The van der Waals surface area contributed by atoms with Gasteiger partial charge in [0.15, 0.2) is 0 Å². The van der Waals surface area contributed by atoms with E-state index in [1.165, 1.54) is 20.1 Å². The molecule has 1 aromatic rings. The molecule has 4 heteroatoms. The molecule has 0 unspecified atom stereocenters. The topological polar surface area (TPSA) is 35.5 Å². The number of hydrogen-bond acceptors (Lipinski definition) is 3. The standard InChI is InChI=1S/C13H16ClO3/c1-8(2)5-9-6-10(14)12(13(15)17-4)11(7-9)16-3/h6-7H,5H2,1-4H3. The predicted octanol–water partition coefficient (Wildman–Crippen LogP) is 3.29. The molecule has 0 amide bonds. The summed E-state index contributed by atoms with van der Waals surface area (Å²) >= 11 is 6.08. The zero-order valence-electron chi connectivity index (χ0n) is 10.5. The first-order chi connectivity index (χ1) is 7.99. The lowest BCUT2D eigenvalue weighted by molar-refractivity contribution is 0.0597. The van der Waals surface area contributed by atoms with Crippen molar-refractivity contribution >= 4 is 17.6 Å². The highest BCUT2D eigenvalue weighted by atomic mass is 35.5. The number of halogens is 1. The monoisotopic (exact) mass is 255 g/mol. The van der Waals surface area contributed by atoms with Crippen molar-refractivity contribution in [2.24, 2.45) is 0 Å². The van der Waals surface area contributed by atoms with Crippen LogP contribution in [-0.2, 0) is 11.2 Å². The molecule has 0 fully saturated rings. The number of rotatable bonds is 4. The largest absolute Gasteiger partial charge is 0.496 e. The van der Waals surface area contributed by atoms with E-state index in [4.69, 9.17) is 16.3 Å². The number of hydrogen-bond donors (Lipinski definition) is 0. The first-order valence-electron chi connectivity index (χ1n) is 5.23. The van der Waals surface area contributed by atoms with Crippen LogP contribution < -0.4 is 4.74 Å². The van der Waals surface area contributed by atoms with Crippen molar-refractivity contribution in [3.05, 3.63) is 34.2 Å². The number of methoxy groups -OCH3 is 2. The smallest absolute Gasteiger partial charge is 0.343 e. The highest BCUT2D eigenvalue weighted by molar-refractivity contribution is 6.34. The summed E-state index contributed by atoms with van der Waals surface area (Å²) in [4.78, 5) is 11.6. The summed E-state index contributed by atoms with van der Waals surface area (Å²) in [6.07, 6.45) is 0.803. The number of carbonyl (C=O) groups excluding carboxylic acids is 1. The van der Waals surface area contributed by atoms with Crippen LogP contribution in [0.2, 0.25) is 5.02 Å². The van der Waals surface area contributed by atoms with E-state index in [0.29, 0.717) is 10.8 Å². The van der Waals surface area contributed by atoms with Gasteiger partial charge in [-0.05, 0) is 30.0 Å². The minimum Gasteiger partial charge on any atom is -0.496 e. The summed E-state index contributed by atoms with van der Waals surface area (Å²) < 4.78 is 9.85. The van der Waals surface area contributed by atoms with Crippen LogP contribution in [-0.4, -0.2) is 20.2 Å². The summed E-state index contributed by atoms with van der Waals surface area (Å²) in [6, 6.07) is 3.58. The summed E-state index contributed by atoms with van der Waals surface area (Å²) in [5.74, 6) is 1.21. The van der Waals surface area contributed by atoms with Crippen LogP contribution in [0.4, 0.5) is 0 Å². The Balaban J connectivity index is 3.20. The summed E-state index contributed by atoms with van der Waals surface area (Å²) in [5, 5.41) is 0.354. The molecule has 1 aromatic carbocycles. The Morgan fingerprint density at radius 2 is 1.94 bits per heavy atom. The van der Waals surface area contributed by atoms with Crippen molar-refractivity contribution < 1.29 is 14.3 Å². The second-order valence-electron chi connectivity index (χ2n) is 4.03. The predicted molar refractivity (Wildman–Crippen MR) is 67.6 cm³/mol. The van der Waals surface area contributed by atoms with Gasteiger partial charge in [-0.2, -0.15) is 0 Å². The Morgan fingerprint density at radius 1 is 1.29 bits per heavy atom. The molecule has 0 heterocycles. The first kappa shape index (κ1) is 13.8. The SMILES string of the molecule is COC(=O)c1c(Cl)cc(C[C](C)C)cc1OC. The van der Waals surface area contributed by atoms with Crippen molar-refractivity contribution in [1.29, 1.82) is 0 Å². The van der Waals surface area contributed by atoms with E-state index >= 15 is 0 Å². The van der Waals surface area contributed by atoms with E-state index in [-0.39, 0.29) is 5.56 Å². The van der Waals surface area contributed by atoms with Crippen LogP contribution in [0.1, 0.15) is 29.8 Å². The maximum atomic E-state index is 11.6. The van der Waals surface area contributed by atoms with Gasteiger partial charge in [0.2, 0.25) is 0 Å². The number of benzene rings is 1. The highest BCUT2D eigenvalue weighted by Gasteiger charge is 2.18. The molecule has 0 aromatic heterocycles. The molecule has 0 bridgehead atoms. The van der Waals surface area contributed by atoms with Crippen LogP contribution in [0, 0.1) is 5.92 Å². The fourth-order valence-electron chi connectivity index (χ4n) is 1.61. The normalized spacial score (nSPS) is 10.5. The van der Waals surface area contributed by atoms with Crippen LogP contribution >= 0.6 is 11.6 Å². The number of carbonyl (C=O) groups is 1. The van der Waals surface area contributed by atoms with Crippen LogP contribution in [0.15, 0.2) is 12.1 Å². The lowest BCUT2D eigenvalue weighted by Crippen LogP contribution is -2.06. The molecule has 0 saturated heterocycles. The molecule has 0 aliphatic rings. The van der Waals surface area contributed by atoms with E-state index < -0.39 is 5.97 Å². The van der Waals surface area contributed by atoms with Crippen LogP contribution in [0.25, 0.3) is 0 Å². The third-order valence-corrected chi connectivity index (χ3v) is 2.58. The Labute approximate surface area is 107 Å². The van der Waals surface area contributed by atoms with Gasteiger partial charge in [-0.3, -0.25) is 0 Å². The minimum absolute atomic E-state index is 0.272. The molecular formula is C13H16ClO3. The Kier molecular flexibility index (Phi) is 4.82. The van der Waals surface area contributed by atoms with Gasteiger partial charge >= 0.3 is 5.97 Å². The quantitative estimate of drug-likeness (QED) is 0.775. The van der Waals surface area contributed by atoms with E-state index in [2.05, 4.69) is 4.74 Å². The minimum atomic E-state index is -0.490. The van der Waals surface area contributed by atoms with E-state index in [9.17, 15) is 4.79 Å². The zero-order valence-corrected chi connectivity index (χ0v) is 11.2. The molecule has 0 aliphatic heterocycles. The van der Waals surface area contributed by atoms with Crippen LogP contribution in [0.5, 0.6) is 5.75 Å². The maximum Gasteiger partial charge on any atom is 0.343 e. The average molecular weight is 256 g/mol. The van der Waals surface area contributed by atoms with Gasteiger partial charge in [-0.1, -0.05) is 25.4 Å². The number of esters is 1. The molecular weight excluding hydrogens is 240 g/mol. The average Bonchev–Trinajstić information content (AvgIpc) is 2.26. The number of ether oxygens (including phenoxy) is 2. The second-order valence-corrected chi connectivity index (χ2v) is 4.44. The van der Waals surface area contributed by atoms with Crippen molar-refractivity contribution in [2.75, 3.05) is 14.2 Å². The molecule has 1 radical (unpaired) electrons. The summed E-state index contributed by atoms with van der Waals surface area (Å²) in [5.41, 5.74) is 1.29. The fraction of sp³-hybridized carbons (Fsp3) is 0.385. The van der Waals surface area contributed by atoms with Crippen LogP contribution in [0.3, 0.4) is 0 Å². The fourth-order valence-corrected chi connectivity index (χ4v) is 1.92. The van der Waals surface area contributed by atoms with Gasteiger partial charge in [0.05, 0.1) is 19.2 Å². The van der Waals surface area contributed by atoms with Gasteiger partial charge in [0.25, 0.3) is 0 Å². The molecule has 93 valence electrons. The molecule has 0 aliphatic carbocycles. The molecule has 3 nitrogen and oxygen atoms in total. The third-order valence-electron chi connectivity index (χ3n) is 2.28. The lowest BCUT2D eigenvalue weighted by atomic mass is 10.0. The third kappa shape index (κ3) is 3.37. The summed E-state index contributed by atoms with van der Waals surface area (Å²) in [6.45, 7) is 4.07.